The van der Waals surface area contributed by atoms with E-state index in [1.165, 1.54) is 0 Å². The van der Waals surface area contributed by atoms with Crippen LogP contribution in [0.4, 0.5) is 0 Å². The van der Waals surface area contributed by atoms with Gasteiger partial charge in [0.05, 0.1) is 19.8 Å². The van der Waals surface area contributed by atoms with E-state index < -0.39 is 0 Å². The van der Waals surface area contributed by atoms with Crippen molar-refractivity contribution in [2.24, 2.45) is 0 Å². The van der Waals surface area contributed by atoms with E-state index in [-0.39, 0.29) is 19.8 Å². The van der Waals surface area contributed by atoms with Crippen molar-refractivity contribution < 1.29 is 15.3 Å². The van der Waals surface area contributed by atoms with Gasteiger partial charge in [0.15, 0.2) is 0 Å². The van der Waals surface area contributed by atoms with Crippen molar-refractivity contribution in [3.63, 3.8) is 0 Å². The first-order valence-electron chi connectivity index (χ1n) is 5.83. The Balaban J connectivity index is 2.62. The van der Waals surface area contributed by atoms with E-state index in [0.717, 1.165) is 11.1 Å². The highest BCUT2D eigenvalue weighted by molar-refractivity contribution is 5.69. The molecule has 94 valence electrons. The third-order valence-corrected chi connectivity index (χ3v) is 3.10. The SMILES string of the molecule is OCc1ccc(-c2ccccc2)c(CO)c1CO. The normalized spacial score (nSPS) is 10.6. The second-order valence-corrected chi connectivity index (χ2v) is 4.07. The van der Waals surface area contributed by atoms with E-state index in [1.807, 2.05) is 36.4 Å². The molecule has 18 heavy (non-hydrogen) atoms. The first-order chi connectivity index (χ1) is 8.81. The molecule has 3 nitrogen and oxygen atoms in total. The molecule has 2 rings (SSSR count). The second kappa shape index (κ2) is 5.78. The number of rotatable bonds is 4. The Labute approximate surface area is 106 Å². The van der Waals surface area contributed by atoms with Gasteiger partial charge in [-0.15, -0.1) is 0 Å². The molecule has 0 saturated carbocycles. The maximum Gasteiger partial charge on any atom is 0.0691 e. The average Bonchev–Trinajstić information content (AvgIpc) is 2.46. The molecule has 2 aromatic carbocycles. The van der Waals surface area contributed by atoms with Gasteiger partial charge in [-0.25, -0.2) is 0 Å². The van der Waals surface area contributed by atoms with E-state index in [9.17, 15) is 15.3 Å². The zero-order chi connectivity index (χ0) is 13.0. The van der Waals surface area contributed by atoms with Gasteiger partial charge in [0, 0.05) is 0 Å². The minimum atomic E-state index is -0.188. The molecule has 2 aromatic rings. The number of hydrogen-bond donors (Lipinski definition) is 3. The Morgan fingerprint density at radius 2 is 1.33 bits per heavy atom. The van der Waals surface area contributed by atoms with Gasteiger partial charge < -0.3 is 15.3 Å². The van der Waals surface area contributed by atoms with Gasteiger partial charge in [0.25, 0.3) is 0 Å². The van der Waals surface area contributed by atoms with Crippen LogP contribution < -0.4 is 0 Å². The lowest BCUT2D eigenvalue weighted by atomic mass is 9.93. The van der Waals surface area contributed by atoms with E-state index >= 15 is 0 Å². The average molecular weight is 244 g/mol. The minimum Gasteiger partial charge on any atom is -0.392 e. The first-order valence-corrected chi connectivity index (χ1v) is 5.83. The summed E-state index contributed by atoms with van der Waals surface area (Å²) in [5.74, 6) is 0. The van der Waals surface area contributed by atoms with Crippen LogP contribution in [-0.4, -0.2) is 15.3 Å². The van der Waals surface area contributed by atoms with Gasteiger partial charge in [-0.05, 0) is 27.8 Å². The number of aliphatic hydroxyl groups is 3. The molecule has 0 aliphatic heterocycles. The molecule has 0 bridgehead atoms. The van der Waals surface area contributed by atoms with Gasteiger partial charge in [-0.1, -0.05) is 42.5 Å². The van der Waals surface area contributed by atoms with Gasteiger partial charge in [0.1, 0.15) is 0 Å². The third-order valence-electron chi connectivity index (χ3n) is 3.10. The lowest BCUT2D eigenvalue weighted by molar-refractivity contribution is 0.248. The topological polar surface area (TPSA) is 60.7 Å². The molecule has 0 heterocycles. The Kier molecular flexibility index (Phi) is 4.10. The Bertz CT molecular complexity index is 521. The van der Waals surface area contributed by atoms with Crippen molar-refractivity contribution in [3.05, 3.63) is 59.2 Å². The van der Waals surface area contributed by atoms with Crippen LogP contribution >= 0.6 is 0 Å². The van der Waals surface area contributed by atoms with Crippen molar-refractivity contribution in [1.82, 2.24) is 0 Å². The fourth-order valence-electron chi connectivity index (χ4n) is 2.16. The van der Waals surface area contributed by atoms with Crippen molar-refractivity contribution in [1.29, 1.82) is 0 Å². The lowest BCUT2D eigenvalue weighted by Gasteiger charge is -2.15. The third kappa shape index (κ3) is 2.29. The molecule has 0 aliphatic carbocycles. The number of hydrogen-bond acceptors (Lipinski definition) is 3. The summed E-state index contributed by atoms with van der Waals surface area (Å²) in [7, 11) is 0. The molecule has 0 atom stereocenters. The molecule has 0 radical (unpaired) electrons. The summed E-state index contributed by atoms with van der Waals surface area (Å²) in [5, 5.41) is 28.2. The quantitative estimate of drug-likeness (QED) is 0.769. The highest BCUT2D eigenvalue weighted by atomic mass is 16.3. The molecule has 0 aromatic heterocycles. The highest BCUT2D eigenvalue weighted by Crippen LogP contribution is 2.28. The smallest absolute Gasteiger partial charge is 0.0691 e. The highest BCUT2D eigenvalue weighted by Gasteiger charge is 2.12. The monoisotopic (exact) mass is 244 g/mol. The van der Waals surface area contributed by atoms with Crippen molar-refractivity contribution in [3.8, 4) is 11.1 Å². The fraction of sp³-hybridized carbons (Fsp3) is 0.200. The number of aliphatic hydroxyl groups excluding tert-OH is 3. The van der Waals surface area contributed by atoms with Crippen LogP contribution in [-0.2, 0) is 19.8 Å². The van der Waals surface area contributed by atoms with E-state index in [1.54, 1.807) is 6.07 Å². The van der Waals surface area contributed by atoms with Crippen LogP contribution in [0.25, 0.3) is 11.1 Å². The molecule has 0 unspecified atom stereocenters. The van der Waals surface area contributed by atoms with Crippen LogP contribution in [0, 0.1) is 0 Å². The van der Waals surface area contributed by atoms with Crippen LogP contribution in [0.15, 0.2) is 42.5 Å². The van der Waals surface area contributed by atoms with Gasteiger partial charge in [-0.3, -0.25) is 0 Å². The van der Waals surface area contributed by atoms with Gasteiger partial charge in [0.2, 0.25) is 0 Å². The summed E-state index contributed by atoms with van der Waals surface area (Å²) >= 11 is 0. The molecule has 0 saturated heterocycles. The summed E-state index contributed by atoms with van der Waals surface area (Å²) in [6.07, 6.45) is 0. The zero-order valence-corrected chi connectivity index (χ0v) is 10.0. The van der Waals surface area contributed by atoms with E-state index in [0.29, 0.717) is 16.7 Å². The molecule has 3 N–H and O–H groups in total. The Morgan fingerprint density at radius 1 is 0.667 bits per heavy atom. The van der Waals surface area contributed by atoms with Gasteiger partial charge >= 0.3 is 0 Å². The molecular formula is C15H16O3. The summed E-state index contributed by atoms with van der Waals surface area (Å²) < 4.78 is 0. The first kappa shape index (κ1) is 12.8. The molecule has 3 heteroatoms. The maximum absolute atomic E-state index is 9.52. The van der Waals surface area contributed by atoms with E-state index in [2.05, 4.69) is 0 Å². The molecule has 0 fully saturated rings. The van der Waals surface area contributed by atoms with Crippen LogP contribution in [0.5, 0.6) is 0 Å². The molecule has 0 aliphatic rings. The summed E-state index contributed by atoms with van der Waals surface area (Å²) in [6, 6.07) is 13.3. The van der Waals surface area contributed by atoms with Crippen molar-refractivity contribution >= 4 is 0 Å². The van der Waals surface area contributed by atoms with Crippen LogP contribution in [0.1, 0.15) is 16.7 Å². The summed E-state index contributed by atoms with van der Waals surface area (Å²) in [5.41, 5.74) is 3.82. The maximum atomic E-state index is 9.52. The van der Waals surface area contributed by atoms with Crippen molar-refractivity contribution in [2.45, 2.75) is 19.8 Å². The predicted octanol–water partition coefficient (Wildman–Crippen LogP) is 1.83. The van der Waals surface area contributed by atoms with E-state index in [4.69, 9.17) is 0 Å². The van der Waals surface area contributed by atoms with Gasteiger partial charge in [-0.2, -0.15) is 0 Å². The largest absolute Gasteiger partial charge is 0.392 e. The molecule has 0 amide bonds. The molecule has 0 spiro atoms. The Morgan fingerprint density at radius 3 is 1.89 bits per heavy atom. The standard InChI is InChI=1S/C15H16O3/c16-8-12-6-7-13(11-4-2-1-3-5-11)15(10-18)14(12)9-17/h1-7,16-18H,8-10H2. The second-order valence-electron chi connectivity index (χ2n) is 4.07. The fourth-order valence-corrected chi connectivity index (χ4v) is 2.16. The van der Waals surface area contributed by atoms with Crippen LogP contribution in [0.3, 0.4) is 0 Å². The predicted molar refractivity (Wildman–Crippen MR) is 69.6 cm³/mol. The summed E-state index contributed by atoms with van der Waals surface area (Å²) in [4.78, 5) is 0. The molecular weight excluding hydrogens is 228 g/mol. The Hall–Kier alpha value is -1.68. The summed E-state index contributed by atoms with van der Waals surface area (Å²) in [6.45, 7) is -0.488. The minimum absolute atomic E-state index is 0.141. The van der Waals surface area contributed by atoms with Crippen LogP contribution in [0.2, 0.25) is 0 Å². The van der Waals surface area contributed by atoms with Crippen molar-refractivity contribution in [2.75, 3.05) is 0 Å². The zero-order valence-electron chi connectivity index (χ0n) is 10.0. The number of benzene rings is 2. The lowest BCUT2D eigenvalue weighted by Crippen LogP contribution is -2.03.